The van der Waals surface area contributed by atoms with Crippen LogP contribution in [0.3, 0.4) is 0 Å². The monoisotopic (exact) mass is 541 g/mol. The van der Waals surface area contributed by atoms with Gasteiger partial charge in [-0.3, -0.25) is 14.4 Å². The predicted molar refractivity (Wildman–Crippen MR) is 120 cm³/mol. The second-order valence-electron chi connectivity index (χ2n) is 9.13. The Hall–Kier alpha value is -3.81. The van der Waals surface area contributed by atoms with E-state index in [0.717, 1.165) is 6.07 Å². The molecule has 1 aromatic heterocycles. The highest BCUT2D eigenvalue weighted by Gasteiger charge is 2.46. The van der Waals surface area contributed by atoms with Crippen LogP contribution in [0.15, 0.2) is 23.0 Å². The van der Waals surface area contributed by atoms with Gasteiger partial charge in [-0.1, -0.05) is 11.2 Å². The summed E-state index contributed by atoms with van der Waals surface area (Å²) in [5.41, 5.74) is -0.434. The molecule has 2 aliphatic rings. The lowest BCUT2D eigenvalue weighted by Crippen LogP contribution is -2.58. The number of nitrogens with one attached hydrogen (secondary N) is 1. The van der Waals surface area contributed by atoms with E-state index in [9.17, 15) is 36.7 Å². The van der Waals surface area contributed by atoms with E-state index < -0.39 is 29.4 Å². The number of hydrogen-bond donors (Lipinski definition) is 1. The number of hydrogen-bond acceptors (Lipinski definition) is 6. The van der Waals surface area contributed by atoms with E-state index in [-0.39, 0.29) is 66.0 Å². The minimum absolute atomic E-state index is 0.0210. The lowest BCUT2D eigenvalue weighted by molar-refractivity contribution is -0.921. The molecule has 2 aromatic rings. The highest BCUT2D eigenvalue weighted by molar-refractivity contribution is 5.97. The lowest BCUT2D eigenvalue weighted by atomic mass is 10.0. The molecule has 38 heavy (non-hydrogen) atoms. The van der Waals surface area contributed by atoms with Gasteiger partial charge in [0.25, 0.3) is 11.6 Å². The summed E-state index contributed by atoms with van der Waals surface area (Å²) in [5, 5.41) is 2.06. The van der Waals surface area contributed by atoms with Crippen molar-refractivity contribution < 1.29 is 46.4 Å². The first-order chi connectivity index (χ1) is 17.9. The van der Waals surface area contributed by atoms with Gasteiger partial charge in [-0.15, -0.1) is 0 Å². The fourth-order valence-electron chi connectivity index (χ4n) is 4.42. The number of amides is 2. The highest BCUT2D eigenvalue weighted by Crippen LogP contribution is 2.21. The maximum Gasteiger partial charge on any atom is 0.498 e. The Kier molecular flexibility index (Phi) is 7.54. The molecule has 10 nitrogen and oxygen atoms in total. The molecule has 2 saturated heterocycles. The van der Waals surface area contributed by atoms with Crippen LogP contribution in [0.25, 0.3) is 0 Å². The number of halogens is 4. The zero-order valence-corrected chi connectivity index (χ0v) is 20.6. The van der Waals surface area contributed by atoms with Crippen molar-refractivity contribution in [2.45, 2.75) is 38.9 Å². The van der Waals surface area contributed by atoms with Crippen molar-refractivity contribution >= 4 is 17.8 Å². The largest absolute Gasteiger partial charge is 0.498 e. The van der Waals surface area contributed by atoms with Crippen molar-refractivity contribution in [3.63, 3.8) is 0 Å². The highest BCUT2D eigenvalue weighted by atomic mass is 19.4. The van der Waals surface area contributed by atoms with Crippen LogP contribution in [0.1, 0.15) is 39.2 Å². The van der Waals surface area contributed by atoms with E-state index in [1.54, 1.807) is 4.90 Å². The predicted octanol–water partition coefficient (Wildman–Crippen LogP) is 0.600. The first-order valence-corrected chi connectivity index (χ1v) is 11.8. The number of aromatic amines is 1. The van der Waals surface area contributed by atoms with Crippen molar-refractivity contribution in [1.82, 2.24) is 14.9 Å². The van der Waals surface area contributed by atoms with E-state index in [2.05, 4.69) is 9.94 Å². The topological polar surface area (TPSA) is 113 Å². The molecule has 0 spiro atoms. The van der Waals surface area contributed by atoms with Crippen molar-refractivity contribution in [2.75, 3.05) is 32.8 Å². The number of piperazine rings is 1. The zero-order valence-electron chi connectivity index (χ0n) is 20.6. The molecule has 1 atom stereocenters. The van der Waals surface area contributed by atoms with Gasteiger partial charge in [-0.05, 0) is 38.0 Å². The second kappa shape index (κ2) is 10.5. The minimum Gasteiger partial charge on any atom is -0.379 e. The normalized spacial score (nSPS) is 18.2. The van der Waals surface area contributed by atoms with Gasteiger partial charge in [-0.25, -0.2) is 9.18 Å². The number of alkyl halides is 3. The van der Waals surface area contributed by atoms with Crippen molar-refractivity contribution in [2.24, 2.45) is 0 Å². The first kappa shape index (κ1) is 27.2. The Bertz CT molecular complexity index is 1340. The molecule has 2 fully saturated rings. The van der Waals surface area contributed by atoms with Crippen LogP contribution in [0, 0.1) is 19.7 Å². The van der Waals surface area contributed by atoms with Gasteiger partial charge < -0.3 is 14.5 Å². The molecule has 0 saturated carbocycles. The third-order valence-electron chi connectivity index (χ3n) is 6.71. The summed E-state index contributed by atoms with van der Waals surface area (Å²) in [5.74, 6) is -4.39. The average Bonchev–Trinajstić information content (AvgIpc) is 3.39. The molecule has 0 radical (unpaired) electrons. The molecule has 1 unspecified atom stereocenters. The maximum absolute atomic E-state index is 14.7. The maximum atomic E-state index is 14.7. The number of rotatable bonds is 5. The molecule has 1 N–H and O–H groups in total. The van der Waals surface area contributed by atoms with Crippen LogP contribution in [-0.2, 0) is 20.7 Å². The SMILES string of the molecule is Cc1c(C)c(=O)[nH][n+](OC(=O)C(F)(F)F)c1Cc1ccc(F)c(C(=O)N2CCN(C3CCOC3)C(=O)C2)c1. The van der Waals surface area contributed by atoms with Gasteiger partial charge in [0, 0.05) is 30.8 Å². The zero-order chi connectivity index (χ0) is 27.8. The third-order valence-corrected chi connectivity index (χ3v) is 6.71. The second-order valence-corrected chi connectivity index (χ2v) is 9.13. The summed E-state index contributed by atoms with van der Waals surface area (Å²) < 4.78 is 58.4. The summed E-state index contributed by atoms with van der Waals surface area (Å²) >= 11 is 0. The number of H-pyrrole nitrogens is 1. The van der Waals surface area contributed by atoms with E-state index in [4.69, 9.17) is 4.74 Å². The number of nitrogens with zero attached hydrogens (tertiary/aromatic N) is 3. The van der Waals surface area contributed by atoms with Crippen LogP contribution >= 0.6 is 0 Å². The summed E-state index contributed by atoms with van der Waals surface area (Å²) in [4.78, 5) is 56.9. The molecule has 2 aliphatic heterocycles. The van der Waals surface area contributed by atoms with Gasteiger partial charge in [0.05, 0.1) is 24.6 Å². The molecule has 2 amide bonds. The Labute approximate surface area is 213 Å². The van der Waals surface area contributed by atoms with E-state index >= 15 is 0 Å². The number of carbonyl (C=O) groups excluding carboxylic acids is 3. The Morgan fingerprint density at radius 2 is 1.92 bits per heavy atom. The first-order valence-electron chi connectivity index (χ1n) is 11.8. The summed E-state index contributed by atoms with van der Waals surface area (Å²) in [6, 6.07) is 3.50. The smallest absolute Gasteiger partial charge is 0.379 e. The number of benzene rings is 1. The van der Waals surface area contributed by atoms with Crippen molar-refractivity contribution in [1.29, 1.82) is 0 Å². The van der Waals surface area contributed by atoms with E-state index in [0.29, 0.717) is 24.5 Å². The molecule has 204 valence electrons. The van der Waals surface area contributed by atoms with Gasteiger partial charge in [0.1, 0.15) is 17.2 Å². The molecular formula is C24H25F4N4O6+. The standard InChI is InChI=1S/C24H24F4N4O6/c1-13-14(2)21(34)29-32(38-23(36)24(26,27)28)19(13)10-15-3-4-18(25)17(9-15)22(35)30-6-7-31(20(33)11-30)16-5-8-37-12-16/h3-4,9,16H,5-8,10-12H2,1-2H3/p+1. The third kappa shape index (κ3) is 5.54. The average molecular weight is 541 g/mol. The number of ether oxygens (including phenoxy) is 1. The Morgan fingerprint density at radius 1 is 1.18 bits per heavy atom. The fraction of sp³-hybridized carbons (Fsp3) is 0.458. The van der Waals surface area contributed by atoms with Crippen LogP contribution < -0.4 is 15.2 Å². The molecule has 1 aromatic carbocycles. The molecule has 0 bridgehead atoms. The molecule has 14 heteroatoms. The minimum atomic E-state index is -5.32. The van der Waals surface area contributed by atoms with Crippen molar-refractivity contribution in [3.05, 3.63) is 62.3 Å². The molecular weight excluding hydrogens is 516 g/mol. The number of aromatic nitrogens is 2. The molecule has 3 heterocycles. The summed E-state index contributed by atoms with van der Waals surface area (Å²) in [7, 11) is 0. The fourth-order valence-corrected chi connectivity index (χ4v) is 4.42. The van der Waals surface area contributed by atoms with Gasteiger partial charge in [0.2, 0.25) is 5.91 Å². The van der Waals surface area contributed by atoms with Crippen molar-refractivity contribution in [3.8, 4) is 0 Å². The molecule has 0 aliphatic carbocycles. The Balaban J connectivity index is 1.58. The summed E-state index contributed by atoms with van der Waals surface area (Å²) in [6.07, 6.45) is -4.83. The number of carbonyl (C=O) groups is 3. The van der Waals surface area contributed by atoms with Crippen LogP contribution in [0.2, 0.25) is 0 Å². The van der Waals surface area contributed by atoms with Gasteiger partial charge >= 0.3 is 17.7 Å². The van der Waals surface area contributed by atoms with Gasteiger partial charge in [0.15, 0.2) is 0 Å². The van der Waals surface area contributed by atoms with Crippen LogP contribution in [-0.4, -0.2) is 77.7 Å². The van der Waals surface area contributed by atoms with Gasteiger partial charge in [-0.2, -0.15) is 18.0 Å². The Morgan fingerprint density at radius 3 is 2.55 bits per heavy atom. The molecule has 4 rings (SSSR count). The quantitative estimate of drug-likeness (QED) is 0.439. The van der Waals surface area contributed by atoms with Crippen LogP contribution in [0.5, 0.6) is 0 Å². The van der Waals surface area contributed by atoms with E-state index in [1.165, 1.54) is 30.9 Å². The van der Waals surface area contributed by atoms with Crippen LogP contribution in [0.4, 0.5) is 17.6 Å². The van der Waals surface area contributed by atoms with E-state index in [1.807, 2.05) is 0 Å². The summed E-state index contributed by atoms with van der Waals surface area (Å²) in [6.45, 7) is 4.11. The lowest BCUT2D eigenvalue weighted by Gasteiger charge is -2.37.